The number of nitrogens with zero attached hydrogens (tertiary/aromatic N) is 1. The van der Waals surface area contributed by atoms with Crippen molar-refractivity contribution in [2.24, 2.45) is 0 Å². The third-order valence-corrected chi connectivity index (χ3v) is 4.47. The molecule has 3 N–H and O–H groups in total. The first-order chi connectivity index (χ1) is 10.1. The van der Waals surface area contributed by atoms with Gasteiger partial charge in [0.1, 0.15) is 0 Å². The number of aromatic nitrogens is 2. The fourth-order valence-corrected chi connectivity index (χ4v) is 3.11. The molecule has 21 heavy (non-hydrogen) atoms. The van der Waals surface area contributed by atoms with Crippen LogP contribution in [0.25, 0.3) is 22.4 Å². The number of hydrogen-bond acceptors (Lipinski definition) is 2. The van der Waals surface area contributed by atoms with Crippen LogP contribution in [0, 0.1) is 10.5 Å². The largest absolute Gasteiger partial charge is 0.382 e. The molecule has 0 aliphatic rings. The van der Waals surface area contributed by atoms with Crippen LogP contribution in [0.4, 0.5) is 5.82 Å². The molecular weight excluding hydrogens is 397 g/mol. The zero-order valence-electron chi connectivity index (χ0n) is 11.3. The maximum atomic E-state index is 6.13. The summed E-state index contributed by atoms with van der Waals surface area (Å²) < 4.78 is 1.09. The number of H-pyrrole nitrogens is 1. The van der Waals surface area contributed by atoms with E-state index >= 15 is 0 Å². The summed E-state index contributed by atoms with van der Waals surface area (Å²) in [6.45, 7) is 2.06. The van der Waals surface area contributed by atoms with Gasteiger partial charge in [-0.05, 0) is 53.3 Å². The van der Waals surface area contributed by atoms with Gasteiger partial charge < -0.3 is 5.73 Å². The SMILES string of the molecule is Cc1cccc(-c2c(N)n[nH]c2-c2cc(Cl)ccc2I)c1. The van der Waals surface area contributed by atoms with E-state index in [2.05, 4.69) is 51.8 Å². The summed E-state index contributed by atoms with van der Waals surface area (Å²) in [5, 5.41) is 7.90. The normalized spacial score (nSPS) is 10.8. The number of aromatic amines is 1. The number of halogens is 2. The number of nitrogen functional groups attached to an aromatic ring is 1. The van der Waals surface area contributed by atoms with E-state index in [1.54, 1.807) is 0 Å². The van der Waals surface area contributed by atoms with E-state index in [0.717, 1.165) is 26.0 Å². The lowest BCUT2D eigenvalue weighted by molar-refractivity contribution is 1.10. The standard InChI is InChI=1S/C16H13ClIN3/c1-9-3-2-4-10(7-9)14-15(20-21-16(14)19)12-8-11(17)5-6-13(12)18/h2-8H,1H3,(H3,19,20,21). The van der Waals surface area contributed by atoms with Crippen molar-refractivity contribution in [3.63, 3.8) is 0 Å². The first-order valence-corrected chi connectivity index (χ1v) is 7.88. The number of hydrogen-bond donors (Lipinski definition) is 2. The quantitative estimate of drug-likeness (QED) is 0.592. The van der Waals surface area contributed by atoms with Gasteiger partial charge in [-0.1, -0.05) is 41.4 Å². The van der Waals surface area contributed by atoms with Gasteiger partial charge in [0.05, 0.1) is 11.3 Å². The molecular formula is C16H13ClIN3. The number of aryl methyl sites for hydroxylation is 1. The molecule has 2 aromatic carbocycles. The second-order valence-electron chi connectivity index (χ2n) is 4.85. The van der Waals surface area contributed by atoms with Gasteiger partial charge in [0, 0.05) is 14.2 Å². The zero-order valence-corrected chi connectivity index (χ0v) is 14.2. The Labute approximate surface area is 141 Å². The number of rotatable bonds is 2. The molecule has 1 heterocycles. The molecule has 3 aromatic rings. The molecule has 0 unspecified atom stereocenters. The van der Waals surface area contributed by atoms with Crippen LogP contribution in [0.2, 0.25) is 5.02 Å². The highest BCUT2D eigenvalue weighted by Crippen LogP contribution is 2.37. The third-order valence-electron chi connectivity index (χ3n) is 3.30. The summed E-state index contributed by atoms with van der Waals surface area (Å²) in [5.74, 6) is 0.492. The molecule has 5 heteroatoms. The minimum atomic E-state index is 0.492. The topological polar surface area (TPSA) is 54.7 Å². The lowest BCUT2D eigenvalue weighted by Gasteiger charge is -2.08. The van der Waals surface area contributed by atoms with Crippen molar-refractivity contribution in [2.75, 3.05) is 5.73 Å². The van der Waals surface area contributed by atoms with Gasteiger partial charge in [-0.3, -0.25) is 5.10 Å². The number of anilines is 1. The summed E-state index contributed by atoms with van der Waals surface area (Å²) in [5.41, 5.74) is 11.1. The van der Waals surface area contributed by atoms with Crippen molar-refractivity contribution in [2.45, 2.75) is 6.92 Å². The Morgan fingerprint density at radius 1 is 1.19 bits per heavy atom. The fourth-order valence-electron chi connectivity index (χ4n) is 2.33. The second kappa shape index (κ2) is 5.69. The lowest BCUT2D eigenvalue weighted by atomic mass is 9.99. The van der Waals surface area contributed by atoms with E-state index in [1.165, 1.54) is 5.56 Å². The molecule has 3 rings (SSSR count). The molecule has 1 aromatic heterocycles. The highest BCUT2D eigenvalue weighted by Gasteiger charge is 2.17. The van der Waals surface area contributed by atoms with Crippen LogP contribution >= 0.6 is 34.2 Å². The summed E-state index contributed by atoms with van der Waals surface area (Å²) in [7, 11) is 0. The van der Waals surface area contributed by atoms with Crippen LogP contribution in [-0.4, -0.2) is 10.2 Å². The minimum absolute atomic E-state index is 0.492. The Hall–Kier alpha value is -1.53. The lowest BCUT2D eigenvalue weighted by Crippen LogP contribution is -1.90. The molecule has 0 fully saturated rings. The zero-order chi connectivity index (χ0) is 15.0. The van der Waals surface area contributed by atoms with E-state index in [9.17, 15) is 0 Å². The average Bonchev–Trinajstić information content (AvgIpc) is 2.83. The van der Waals surface area contributed by atoms with Crippen LogP contribution in [0.3, 0.4) is 0 Å². The van der Waals surface area contributed by atoms with Crippen molar-refractivity contribution in [1.82, 2.24) is 10.2 Å². The van der Waals surface area contributed by atoms with Gasteiger partial charge in [-0.25, -0.2) is 0 Å². The molecule has 0 saturated carbocycles. The highest BCUT2D eigenvalue weighted by molar-refractivity contribution is 14.1. The maximum Gasteiger partial charge on any atom is 0.153 e. The first-order valence-electron chi connectivity index (χ1n) is 6.42. The van der Waals surface area contributed by atoms with Crippen molar-refractivity contribution in [3.8, 4) is 22.4 Å². The molecule has 0 radical (unpaired) electrons. The van der Waals surface area contributed by atoms with E-state index in [4.69, 9.17) is 17.3 Å². The number of nitrogens with two attached hydrogens (primary N) is 1. The van der Waals surface area contributed by atoms with E-state index in [-0.39, 0.29) is 0 Å². The van der Waals surface area contributed by atoms with Crippen LogP contribution in [0.1, 0.15) is 5.56 Å². The molecule has 0 atom stereocenters. The van der Waals surface area contributed by atoms with Gasteiger partial charge in [-0.2, -0.15) is 5.10 Å². The Morgan fingerprint density at radius 3 is 2.76 bits per heavy atom. The summed E-state index contributed by atoms with van der Waals surface area (Å²) >= 11 is 8.41. The Balaban J connectivity index is 2.24. The monoisotopic (exact) mass is 409 g/mol. The third kappa shape index (κ3) is 2.78. The average molecular weight is 410 g/mol. The molecule has 106 valence electrons. The number of nitrogens with one attached hydrogen (secondary N) is 1. The second-order valence-corrected chi connectivity index (χ2v) is 6.45. The predicted molar refractivity (Wildman–Crippen MR) is 96.3 cm³/mol. The van der Waals surface area contributed by atoms with Crippen molar-refractivity contribution >= 4 is 40.0 Å². The molecule has 0 aliphatic heterocycles. The maximum absolute atomic E-state index is 6.13. The van der Waals surface area contributed by atoms with Gasteiger partial charge >= 0.3 is 0 Å². The van der Waals surface area contributed by atoms with Crippen LogP contribution in [0.15, 0.2) is 42.5 Å². The van der Waals surface area contributed by atoms with Gasteiger partial charge in [0.25, 0.3) is 0 Å². The summed E-state index contributed by atoms with van der Waals surface area (Å²) in [4.78, 5) is 0. The first kappa shape index (κ1) is 14.4. The Morgan fingerprint density at radius 2 is 2.00 bits per heavy atom. The van der Waals surface area contributed by atoms with Crippen molar-refractivity contribution < 1.29 is 0 Å². The summed E-state index contributed by atoms with van der Waals surface area (Å²) in [6, 6.07) is 14.0. The van der Waals surface area contributed by atoms with Crippen LogP contribution < -0.4 is 5.73 Å². The fraction of sp³-hybridized carbons (Fsp3) is 0.0625. The smallest absolute Gasteiger partial charge is 0.153 e. The van der Waals surface area contributed by atoms with E-state index < -0.39 is 0 Å². The minimum Gasteiger partial charge on any atom is -0.382 e. The molecule has 0 spiro atoms. The molecule has 0 saturated heterocycles. The van der Waals surface area contributed by atoms with E-state index in [1.807, 2.05) is 30.3 Å². The molecule has 0 bridgehead atoms. The van der Waals surface area contributed by atoms with Gasteiger partial charge in [0.15, 0.2) is 5.82 Å². The predicted octanol–water partition coefficient (Wildman–Crippen LogP) is 4.89. The Bertz CT molecular complexity index is 811. The summed E-state index contributed by atoms with van der Waals surface area (Å²) in [6.07, 6.45) is 0. The van der Waals surface area contributed by atoms with Gasteiger partial charge in [-0.15, -0.1) is 0 Å². The van der Waals surface area contributed by atoms with Gasteiger partial charge in [0.2, 0.25) is 0 Å². The van der Waals surface area contributed by atoms with E-state index in [0.29, 0.717) is 10.8 Å². The van der Waals surface area contributed by atoms with Crippen LogP contribution in [0.5, 0.6) is 0 Å². The van der Waals surface area contributed by atoms with Crippen LogP contribution in [-0.2, 0) is 0 Å². The van der Waals surface area contributed by atoms with Crippen molar-refractivity contribution in [3.05, 3.63) is 56.6 Å². The molecule has 3 nitrogen and oxygen atoms in total. The van der Waals surface area contributed by atoms with Crippen molar-refractivity contribution in [1.29, 1.82) is 0 Å². The number of benzene rings is 2. The molecule has 0 amide bonds. The Kier molecular flexibility index (Phi) is 3.91. The molecule has 0 aliphatic carbocycles. The highest BCUT2D eigenvalue weighted by atomic mass is 127.